The summed E-state index contributed by atoms with van der Waals surface area (Å²) in [7, 11) is 4.28. The third-order valence-electron chi connectivity index (χ3n) is 3.48. The molecular weight excluding hydrogens is 212 g/mol. The van der Waals surface area contributed by atoms with E-state index in [0.717, 1.165) is 25.2 Å². The van der Waals surface area contributed by atoms with E-state index in [1.807, 2.05) is 6.07 Å². The van der Waals surface area contributed by atoms with Gasteiger partial charge in [0.25, 0.3) is 0 Å². The molecule has 0 aromatic carbocycles. The van der Waals surface area contributed by atoms with Crippen molar-refractivity contribution in [2.24, 2.45) is 5.92 Å². The molecule has 1 aliphatic rings. The van der Waals surface area contributed by atoms with E-state index in [2.05, 4.69) is 42.3 Å². The third kappa shape index (κ3) is 2.96. The molecule has 0 spiro atoms. The molecule has 1 aromatic rings. The van der Waals surface area contributed by atoms with Gasteiger partial charge in [0.1, 0.15) is 5.82 Å². The zero-order valence-electron chi connectivity index (χ0n) is 10.9. The van der Waals surface area contributed by atoms with Crippen LogP contribution in [-0.4, -0.2) is 43.1 Å². The summed E-state index contributed by atoms with van der Waals surface area (Å²) in [5.41, 5.74) is 8.10. The molecule has 0 aliphatic carbocycles. The topological polar surface area (TPSA) is 54.2 Å². The fourth-order valence-corrected chi connectivity index (χ4v) is 2.67. The maximum Gasteiger partial charge on any atom is 0.123 e. The monoisotopic (exact) mass is 234 g/mol. The number of hydrogen-bond acceptors (Lipinski definition) is 4. The molecule has 1 aliphatic heterocycles. The standard InChI is InChI=1S/C13H22N4/c1-9-4-11(16-13(14)5-9)6-10-7-15-8-12(10)17(2)3/h4-5,10,12,15H,6-8H2,1-3H3,(H2,14,16)/t10-,12+/m0/s1. The molecule has 0 amide bonds. The largest absolute Gasteiger partial charge is 0.384 e. The summed E-state index contributed by atoms with van der Waals surface area (Å²) < 4.78 is 0. The molecule has 17 heavy (non-hydrogen) atoms. The van der Waals surface area contributed by atoms with Crippen LogP contribution in [0.2, 0.25) is 0 Å². The Morgan fingerprint density at radius 1 is 1.41 bits per heavy atom. The van der Waals surface area contributed by atoms with Gasteiger partial charge in [0.15, 0.2) is 0 Å². The molecule has 3 N–H and O–H groups in total. The summed E-state index contributed by atoms with van der Waals surface area (Å²) in [6.45, 7) is 4.20. The second-order valence-electron chi connectivity index (χ2n) is 5.21. The average molecular weight is 234 g/mol. The molecule has 0 radical (unpaired) electrons. The van der Waals surface area contributed by atoms with Crippen LogP contribution in [0.3, 0.4) is 0 Å². The highest BCUT2D eigenvalue weighted by Crippen LogP contribution is 2.19. The van der Waals surface area contributed by atoms with E-state index >= 15 is 0 Å². The van der Waals surface area contributed by atoms with Gasteiger partial charge in [0.2, 0.25) is 0 Å². The molecule has 1 fully saturated rings. The molecule has 1 saturated heterocycles. The van der Waals surface area contributed by atoms with E-state index in [9.17, 15) is 0 Å². The van der Waals surface area contributed by atoms with E-state index in [1.54, 1.807) is 0 Å². The van der Waals surface area contributed by atoms with Crippen molar-refractivity contribution in [1.29, 1.82) is 0 Å². The molecule has 4 nitrogen and oxygen atoms in total. The van der Waals surface area contributed by atoms with Crippen molar-refractivity contribution in [3.63, 3.8) is 0 Å². The minimum Gasteiger partial charge on any atom is -0.384 e. The Morgan fingerprint density at radius 3 is 2.82 bits per heavy atom. The van der Waals surface area contributed by atoms with E-state index in [-0.39, 0.29) is 0 Å². The first-order valence-corrected chi connectivity index (χ1v) is 6.16. The molecular formula is C13H22N4. The van der Waals surface area contributed by atoms with Crippen molar-refractivity contribution in [3.05, 3.63) is 23.4 Å². The van der Waals surface area contributed by atoms with E-state index in [4.69, 9.17) is 5.73 Å². The highest BCUT2D eigenvalue weighted by atomic mass is 15.2. The summed E-state index contributed by atoms with van der Waals surface area (Å²) in [5.74, 6) is 1.26. The second kappa shape index (κ2) is 5.02. The maximum absolute atomic E-state index is 5.79. The second-order valence-corrected chi connectivity index (χ2v) is 5.21. The van der Waals surface area contributed by atoms with Crippen molar-refractivity contribution in [1.82, 2.24) is 15.2 Å². The zero-order chi connectivity index (χ0) is 12.4. The van der Waals surface area contributed by atoms with Gasteiger partial charge in [-0.3, -0.25) is 0 Å². The first-order chi connectivity index (χ1) is 8.06. The van der Waals surface area contributed by atoms with Gasteiger partial charge in [-0.05, 0) is 57.6 Å². The van der Waals surface area contributed by atoms with Crippen LogP contribution in [0.1, 0.15) is 11.3 Å². The van der Waals surface area contributed by atoms with Crippen molar-refractivity contribution < 1.29 is 0 Å². The Balaban J connectivity index is 2.09. The summed E-state index contributed by atoms with van der Waals surface area (Å²) >= 11 is 0. The SMILES string of the molecule is Cc1cc(N)nc(C[C@H]2CNC[C@H]2N(C)C)c1. The lowest BCUT2D eigenvalue weighted by molar-refractivity contribution is 0.253. The van der Waals surface area contributed by atoms with Crippen molar-refractivity contribution in [3.8, 4) is 0 Å². The Bertz CT molecular complexity index is 369. The number of nitrogens with two attached hydrogens (primary N) is 1. The number of nitrogen functional groups attached to an aromatic ring is 1. The molecule has 0 unspecified atom stereocenters. The smallest absolute Gasteiger partial charge is 0.123 e. The number of likely N-dealkylation sites (N-methyl/N-ethyl adjacent to an activating group) is 1. The van der Waals surface area contributed by atoms with Crippen LogP contribution in [0.5, 0.6) is 0 Å². The molecule has 4 heteroatoms. The number of pyridine rings is 1. The zero-order valence-corrected chi connectivity index (χ0v) is 10.9. The summed E-state index contributed by atoms with van der Waals surface area (Å²) in [4.78, 5) is 6.72. The van der Waals surface area contributed by atoms with Gasteiger partial charge in [-0.15, -0.1) is 0 Å². The molecule has 1 aromatic heterocycles. The normalized spacial score (nSPS) is 24.5. The summed E-state index contributed by atoms with van der Waals surface area (Å²) in [6, 6.07) is 4.65. The van der Waals surface area contributed by atoms with Crippen LogP contribution in [0.25, 0.3) is 0 Å². The highest BCUT2D eigenvalue weighted by molar-refractivity contribution is 5.34. The maximum atomic E-state index is 5.79. The Labute approximate surface area is 103 Å². The van der Waals surface area contributed by atoms with Crippen molar-refractivity contribution in [2.45, 2.75) is 19.4 Å². The van der Waals surface area contributed by atoms with Crippen LogP contribution < -0.4 is 11.1 Å². The predicted octanol–water partition coefficient (Wildman–Crippen LogP) is 0.664. The van der Waals surface area contributed by atoms with Crippen LogP contribution in [0.15, 0.2) is 12.1 Å². The first kappa shape index (κ1) is 12.3. The number of aryl methyl sites for hydroxylation is 1. The van der Waals surface area contributed by atoms with E-state index in [1.165, 1.54) is 5.56 Å². The molecule has 2 heterocycles. The van der Waals surface area contributed by atoms with Gasteiger partial charge in [0, 0.05) is 18.3 Å². The average Bonchev–Trinajstić information content (AvgIpc) is 2.63. The lowest BCUT2D eigenvalue weighted by Gasteiger charge is -2.25. The molecule has 2 atom stereocenters. The third-order valence-corrected chi connectivity index (χ3v) is 3.48. The minimum atomic E-state index is 0.596. The van der Waals surface area contributed by atoms with Gasteiger partial charge in [0.05, 0.1) is 0 Å². The molecule has 94 valence electrons. The summed E-state index contributed by atoms with van der Waals surface area (Å²) in [5, 5.41) is 3.45. The minimum absolute atomic E-state index is 0.596. The van der Waals surface area contributed by atoms with E-state index in [0.29, 0.717) is 17.8 Å². The van der Waals surface area contributed by atoms with Crippen LogP contribution in [-0.2, 0) is 6.42 Å². The number of nitrogens with one attached hydrogen (secondary N) is 1. The van der Waals surface area contributed by atoms with Crippen LogP contribution >= 0.6 is 0 Å². The fourth-order valence-electron chi connectivity index (χ4n) is 2.67. The lowest BCUT2D eigenvalue weighted by atomic mass is 9.96. The Hall–Kier alpha value is -1.13. The molecule has 2 rings (SSSR count). The van der Waals surface area contributed by atoms with Gasteiger partial charge in [-0.25, -0.2) is 4.98 Å². The van der Waals surface area contributed by atoms with Gasteiger partial charge >= 0.3 is 0 Å². The Morgan fingerprint density at radius 2 is 2.18 bits per heavy atom. The first-order valence-electron chi connectivity index (χ1n) is 6.16. The van der Waals surface area contributed by atoms with Crippen molar-refractivity contribution >= 4 is 5.82 Å². The predicted molar refractivity (Wildman–Crippen MR) is 70.9 cm³/mol. The highest BCUT2D eigenvalue weighted by Gasteiger charge is 2.28. The quantitative estimate of drug-likeness (QED) is 0.807. The fraction of sp³-hybridized carbons (Fsp3) is 0.615. The molecule has 0 saturated carbocycles. The number of aromatic nitrogens is 1. The Kier molecular flexibility index (Phi) is 3.64. The van der Waals surface area contributed by atoms with Gasteiger partial charge < -0.3 is 16.0 Å². The number of hydrogen-bond donors (Lipinski definition) is 2. The van der Waals surface area contributed by atoms with E-state index < -0.39 is 0 Å². The number of nitrogens with zero attached hydrogens (tertiary/aromatic N) is 2. The van der Waals surface area contributed by atoms with Gasteiger partial charge in [-0.1, -0.05) is 0 Å². The van der Waals surface area contributed by atoms with Crippen molar-refractivity contribution in [2.75, 3.05) is 32.9 Å². The molecule has 0 bridgehead atoms. The number of rotatable bonds is 3. The number of anilines is 1. The van der Waals surface area contributed by atoms with Gasteiger partial charge in [-0.2, -0.15) is 0 Å². The van der Waals surface area contributed by atoms with Crippen LogP contribution in [0.4, 0.5) is 5.82 Å². The lowest BCUT2D eigenvalue weighted by Crippen LogP contribution is -2.35. The van der Waals surface area contributed by atoms with Crippen LogP contribution in [0, 0.1) is 12.8 Å². The summed E-state index contributed by atoms with van der Waals surface area (Å²) in [6.07, 6.45) is 1.00.